The van der Waals surface area contributed by atoms with Gasteiger partial charge in [-0.25, -0.2) is 0 Å². The summed E-state index contributed by atoms with van der Waals surface area (Å²) < 4.78 is 0. The monoisotopic (exact) mass is 267 g/mol. The van der Waals surface area contributed by atoms with Gasteiger partial charge in [0.15, 0.2) is 0 Å². The molecule has 0 radical (unpaired) electrons. The van der Waals surface area contributed by atoms with E-state index in [9.17, 15) is 9.59 Å². The Balaban J connectivity index is 4.91. The maximum Gasteiger partial charge on any atom is 0.305 e. The van der Waals surface area contributed by atoms with Crippen LogP contribution < -0.4 is 5.32 Å². The Bertz CT molecular complexity index is 339. The van der Waals surface area contributed by atoms with E-state index in [0.717, 1.165) is 0 Å². The number of carboxylic acids is 1. The first-order chi connectivity index (χ1) is 8.76. The van der Waals surface area contributed by atoms with Gasteiger partial charge in [0.25, 0.3) is 0 Å². The van der Waals surface area contributed by atoms with Crippen molar-refractivity contribution in [2.75, 3.05) is 0 Å². The van der Waals surface area contributed by atoms with Gasteiger partial charge in [0.05, 0.1) is 6.42 Å². The van der Waals surface area contributed by atoms with Gasteiger partial charge in [-0.05, 0) is 25.7 Å². The van der Waals surface area contributed by atoms with Crippen LogP contribution in [-0.2, 0) is 9.59 Å². The molecule has 0 aliphatic heterocycles. The minimum atomic E-state index is -0.916. The number of rotatable bonds is 9. The van der Waals surface area contributed by atoms with Crippen molar-refractivity contribution in [1.29, 1.82) is 0 Å². The zero-order valence-corrected chi connectivity index (χ0v) is 12.1. The molecule has 0 aromatic rings. The molecule has 0 aromatic heterocycles. The maximum atomic E-state index is 12.2. The van der Waals surface area contributed by atoms with Crippen molar-refractivity contribution >= 4 is 11.9 Å². The molecule has 0 aliphatic rings. The van der Waals surface area contributed by atoms with Crippen molar-refractivity contribution in [2.24, 2.45) is 11.8 Å². The molecule has 0 aromatic carbocycles. The lowest BCUT2D eigenvalue weighted by atomic mass is 9.84. The molecule has 0 rings (SSSR count). The highest BCUT2D eigenvalue weighted by Gasteiger charge is 2.34. The average molecular weight is 267 g/mol. The van der Waals surface area contributed by atoms with Crippen LogP contribution in [0.15, 0.2) is 25.3 Å². The van der Waals surface area contributed by atoms with Gasteiger partial charge in [0, 0.05) is 11.5 Å². The molecular weight excluding hydrogens is 242 g/mol. The number of hydrogen-bond acceptors (Lipinski definition) is 2. The van der Waals surface area contributed by atoms with Gasteiger partial charge in [-0.15, -0.1) is 13.2 Å². The highest BCUT2D eigenvalue weighted by molar-refractivity contribution is 5.81. The number of carboxylic acid groups (broad SMARTS) is 1. The van der Waals surface area contributed by atoms with E-state index in [1.807, 2.05) is 13.8 Å². The Morgan fingerprint density at radius 1 is 1.26 bits per heavy atom. The molecule has 0 saturated carbocycles. The van der Waals surface area contributed by atoms with Crippen LogP contribution in [0.2, 0.25) is 0 Å². The minimum Gasteiger partial charge on any atom is -0.481 e. The van der Waals surface area contributed by atoms with Crippen LogP contribution in [0.1, 0.15) is 40.0 Å². The third-order valence-electron chi connectivity index (χ3n) is 3.47. The minimum absolute atomic E-state index is 0.0284. The van der Waals surface area contributed by atoms with E-state index >= 15 is 0 Å². The average Bonchev–Trinajstić information content (AvgIpc) is 2.27. The van der Waals surface area contributed by atoms with E-state index in [1.165, 1.54) is 0 Å². The second-order valence-corrected chi connectivity index (χ2v) is 5.38. The summed E-state index contributed by atoms with van der Waals surface area (Å²) in [7, 11) is 0. The van der Waals surface area contributed by atoms with E-state index < -0.39 is 11.5 Å². The van der Waals surface area contributed by atoms with Crippen LogP contribution in [0.3, 0.4) is 0 Å². The quantitative estimate of drug-likeness (QED) is 0.631. The molecule has 1 unspecified atom stereocenters. The normalized spacial score (nSPS) is 13.9. The summed E-state index contributed by atoms with van der Waals surface area (Å²) in [6.07, 6.45) is 4.40. The molecule has 1 atom stereocenters. The number of hydrogen-bond donors (Lipinski definition) is 2. The van der Waals surface area contributed by atoms with Gasteiger partial charge in [-0.2, -0.15) is 0 Å². The van der Waals surface area contributed by atoms with Crippen LogP contribution in [0, 0.1) is 11.8 Å². The van der Waals surface area contributed by atoms with Gasteiger partial charge in [0.1, 0.15) is 0 Å². The molecule has 19 heavy (non-hydrogen) atoms. The molecule has 1 amide bonds. The molecule has 4 nitrogen and oxygen atoms in total. The third-order valence-corrected chi connectivity index (χ3v) is 3.47. The van der Waals surface area contributed by atoms with E-state index in [-0.39, 0.29) is 24.2 Å². The molecule has 2 N–H and O–H groups in total. The topological polar surface area (TPSA) is 66.4 Å². The molecule has 0 fully saturated rings. The Morgan fingerprint density at radius 2 is 1.74 bits per heavy atom. The molecule has 4 heteroatoms. The number of carbonyl (C=O) groups is 2. The fraction of sp³-hybridized carbons (Fsp3) is 0.600. The Hall–Kier alpha value is -1.58. The Labute approximate surface area is 115 Å². The van der Waals surface area contributed by atoms with Crippen LogP contribution in [0.5, 0.6) is 0 Å². The summed E-state index contributed by atoms with van der Waals surface area (Å²) >= 11 is 0. The fourth-order valence-corrected chi connectivity index (χ4v) is 1.80. The van der Waals surface area contributed by atoms with Gasteiger partial charge in [-0.1, -0.05) is 26.0 Å². The number of carbonyl (C=O) groups excluding carboxylic acids is 1. The first kappa shape index (κ1) is 17.4. The molecule has 0 spiro atoms. The SMILES string of the molecule is C=CCC(CC=C)C(=O)NC(C)(CC(=O)O)C(C)C. The zero-order valence-electron chi connectivity index (χ0n) is 12.1. The highest BCUT2D eigenvalue weighted by atomic mass is 16.4. The molecular formula is C15H25NO3. The van der Waals surface area contributed by atoms with Gasteiger partial charge < -0.3 is 10.4 Å². The van der Waals surface area contributed by atoms with E-state index in [2.05, 4.69) is 18.5 Å². The highest BCUT2D eigenvalue weighted by Crippen LogP contribution is 2.22. The lowest BCUT2D eigenvalue weighted by Gasteiger charge is -2.34. The molecule has 0 bridgehead atoms. The van der Waals surface area contributed by atoms with E-state index in [0.29, 0.717) is 12.8 Å². The van der Waals surface area contributed by atoms with Crippen molar-refractivity contribution in [3.05, 3.63) is 25.3 Å². The largest absolute Gasteiger partial charge is 0.481 e. The molecule has 0 heterocycles. The first-order valence-corrected chi connectivity index (χ1v) is 6.52. The van der Waals surface area contributed by atoms with Crippen molar-refractivity contribution in [1.82, 2.24) is 5.32 Å². The smallest absolute Gasteiger partial charge is 0.305 e. The summed E-state index contributed by atoms with van der Waals surface area (Å²) in [6, 6.07) is 0. The van der Waals surface area contributed by atoms with Crippen LogP contribution in [0.4, 0.5) is 0 Å². The summed E-state index contributed by atoms with van der Waals surface area (Å²) in [5.74, 6) is -1.26. The van der Waals surface area contributed by atoms with Gasteiger partial charge in [0.2, 0.25) is 5.91 Å². The van der Waals surface area contributed by atoms with Crippen molar-refractivity contribution in [2.45, 2.75) is 45.6 Å². The maximum absolute atomic E-state index is 12.2. The third kappa shape index (κ3) is 5.73. The molecule has 0 aliphatic carbocycles. The standard InChI is InChI=1S/C15H25NO3/c1-6-8-12(9-7-2)14(19)16-15(5,11(3)4)10-13(17)18/h6-7,11-12H,1-2,8-10H2,3-5H3,(H,16,19)(H,17,18). The van der Waals surface area contributed by atoms with Crippen molar-refractivity contribution in [3.8, 4) is 0 Å². The summed E-state index contributed by atoms with van der Waals surface area (Å²) in [6.45, 7) is 12.8. The second-order valence-electron chi connectivity index (χ2n) is 5.38. The predicted octanol–water partition coefficient (Wildman–Crippen LogP) is 2.76. The number of nitrogens with one attached hydrogen (secondary N) is 1. The lowest BCUT2D eigenvalue weighted by molar-refractivity contribution is -0.139. The molecule has 108 valence electrons. The van der Waals surface area contributed by atoms with Gasteiger partial charge >= 0.3 is 5.97 Å². The van der Waals surface area contributed by atoms with Crippen molar-refractivity contribution in [3.63, 3.8) is 0 Å². The Morgan fingerprint density at radius 3 is 2.05 bits per heavy atom. The number of amides is 1. The van der Waals surface area contributed by atoms with Gasteiger partial charge in [-0.3, -0.25) is 9.59 Å². The number of allylic oxidation sites excluding steroid dienone is 2. The van der Waals surface area contributed by atoms with E-state index in [4.69, 9.17) is 5.11 Å². The zero-order chi connectivity index (χ0) is 15.1. The van der Waals surface area contributed by atoms with Crippen LogP contribution >= 0.6 is 0 Å². The fourth-order valence-electron chi connectivity index (χ4n) is 1.80. The van der Waals surface area contributed by atoms with Crippen LogP contribution in [0.25, 0.3) is 0 Å². The lowest BCUT2D eigenvalue weighted by Crippen LogP contribution is -2.53. The first-order valence-electron chi connectivity index (χ1n) is 6.52. The number of aliphatic carboxylic acids is 1. The van der Waals surface area contributed by atoms with E-state index in [1.54, 1.807) is 19.1 Å². The summed E-state index contributed by atoms with van der Waals surface area (Å²) in [4.78, 5) is 23.2. The van der Waals surface area contributed by atoms with Crippen molar-refractivity contribution < 1.29 is 14.7 Å². The predicted molar refractivity (Wildman–Crippen MR) is 76.8 cm³/mol. The second kappa shape index (κ2) is 7.77. The molecule has 0 saturated heterocycles. The summed E-state index contributed by atoms with van der Waals surface area (Å²) in [5, 5.41) is 11.9. The summed E-state index contributed by atoms with van der Waals surface area (Å²) in [5.41, 5.74) is -0.747. The Kier molecular flexibility index (Phi) is 7.12. The van der Waals surface area contributed by atoms with Crippen LogP contribution in [-0.4, -0.2) is 22.5 Å².